The van der Waals surface area contributed by atoms with E-state index in [9.17, 15) is 0 Å². The molecule has 0 aromatic heterocycles. The molecule has 0 spiro atoms. The second kappa shape index (κ2) is 5.04. The molecule has 0 saturated carbocycles. The Morgan fingerprint density at radius 1 is 1.12 bits per heavy atom. The van der Waals surface area contributed by atoms with Crippen molar-refractivity contribution in [2.45, 2.75) is 0 Å². The van der Waals surface area contributed by atoms with Crippen LogP contribution in [-0.2, 0) is 0 Å². The Bertz CT molecular complexity index is 265. The van der Waals surface area contributed by atoms with E-state index in [1.807, 2.05) is 0 Å². The molecular formula is N5P3. The van der Waals surface area contributed by atoms with Crippen LogP contribution >= 0.6 is 23.9 Å². The molecule has 8 heavy (non-hydrogen) atoms. The molecule has 0 aromatic rings. The maximum absolute atomic E-state index is 8.45. The van der Waals surface area contributed by atoms with Crippen molar-refractivity contribution in [3.63, 3.8) is 0 Å². The van der Waals surface area contributed by atoms with Gasteiger partial charge in [0.25, 0.3) is 0 Å². The van der Waals surface area contributed by atoms with Gasteiger partial charge in [-0.05, 0) is 0 Å². The molecule has 0 rings (SSSR count). The normalized spacial score (nSPS) is 8.88. The van der Waals surface area contributed by atoms with Crippen LogP contribution < -0.4 is 0 Å². The third-order valence-corrected chi connectivity index (χ3v) is 2.16. The van der Waals surface area contributed by atoms with Gasteiger partial charge in [-0.25, -0.2) is 0 Å². The summed E-state index contributed by atoms with van der Waals surface area (Å²) in [6, 6.07) is 0. The predicted octanol–water partition coefficient (Wildman–Crippen LogP) is 3.00. The summed E-state index contributed by atoms with van der Waals surface area (Å²) in [6.45, 7) is 0. The van der Waals surface area contributed by atoms with Gasteiger partial charge in [0, 0.05) is 0 Å². The van der Waals surface area contributed by atoms with Gasteiger partial charge in [0.15, 0.2) is 0 Å². The Kier molecular flexibility index (Phi) is 4.97. The molecule has 5 nitrogen and oxygen atoms in total. The van der Waals surface area contributed by atoms with E-state index in [4.69, 9.17) is 15.0 Å². The van der Waals surface area contributed by atoms with E-state index in [1.165, 1.54) is 0 Å². The second-order valence-corrected chi connectivity index (χ2v) is 2.95. The van der Waals surface area contributed by atoms with Crippen molar-refractivity contribution < 1.29 is 0 Å². The van der Waals surface area contributed by atoms with Crippen molar-refractivity contribution >= 4 is 23.9 Å². The van der Waals surface area contributed by atoms with Gasteiger partial charge >= 0.3 is 47.9 Å². The van der Waals surface area contributed by atoms with Crippen molar-refractivity contribution in [3.8, 4) is 0 Å². The van der Waals surface area contributed by atoms with Crippen molar-refractivity contribution in [1.82, 2.24) is 0 Å². The molecule has 40 valence electrons. The van der Waals surface area contributed by atoms with Gasteiger partial charge in [0.1, 0.15) is 0 Å². The standard InChI is InChI=1S/N5P3/c1-6-4-8(3)5-7-2. The zero-order valence-electron chi connectivity index (χ0n) is 3.58. The average Bonchev–Trinajstić information content (AvgIpc) is 1.68. The van der Waals surface area contributed by atoms with Gasteiger partial charge < -0.3 is 0 Å². The van der Waals surface area contributed by atoms with Gasteiger partial charge in [0.2, 0.25) is 0 Å². The summed E-state index contributed by atoms with van der Waals surface area (Å²) in [5, 5.41) is 24.4. The van der Waals surface area contributed by atoms with Gasteiger partial charge in [-0.3, -0.25) is 0 Å². The van der Waals surface area contributed by atoms with E-state index in [2.05, 4.69) is 9.03 Å². The fraction of sp³-hybridized carbons (Fsp3) is 0. The summed E-state index contributed by atoms with van der Waals surface area (Å²) in [5.41, 5.74) is 0. The summed E-state index contributed by atoms with van der Waals surface area (Å²) in [5.74, 6) is 0. The Hall–Kier alpha value is -0.110. The van der Waals surface area contributed by atoms with Crippen LogP contribution in [0.15, 0.2) is 9.03 Å². The monoisotopic (exact) mass is 163 g/mol. The van der Waals surface area contributed by atoms with Crippen LogP contribution in [0.1, 0.15) is 0 Å². The van der Waals surface area contributed by atoms with E-state index in [-0.39, 0.29) is 16.0 Å². The van der Waals surface area contributed by atoms with Crippen LogP contribution in [0.5, 0.6) is 0 Å². The van der Waals surface area contributed by atoms with E-state index >= 15 is 0 Å². The average molecular weight is 163 g/mol. The quantitative estimate of drug-likeness (QED) is 0.513. The van der Waals surface area contributed by atoms with Crippen LogP contribution in [0.3, 0.4) is 0 Å². The molecular weight excluding hydrogens is 163 g/mol. The summed E-state index contributed by atoms with van der Waals surface area (Å²) in [4.78, 5) is 0. The van der Waals surface area contributed by atoms with Gasteiger partial charge in [-0.15, -0.1) is 0 Å². The van der Waals surface area contributed by atoms with Crippen molar-refractivity contribution in [2.24, 2.45) is 9.03 Å². The van der Waals surface area contributed by atoms with Crippen LogP contribution in [-0.4, -0.2) is 0 Å². The molecule has 0 aliphatic carbocycles. The fourth-order valence-electron chi connectivity index (χ4n) is 0.0894. The molecule has 0 aliphatic rings. The van der Waals surface area contributed by atoms with E-state index in [0.29, 0.717) is 0 Å². The first-order valence-electron chi connectivity index (χ1n) is 1.40. The molecule has 0 aliphatic heterocycles. The fourth-order valence-corrected chi connectivity index (χ4v) is 1.13. The molecule has 0 aromatic carbocycles. The van der Waals surface area contributed by atoms with Crippen LogP contribution in [0, 0.1) is 15.0 Å². The first kappa shape index (κ1) is 7.89. The summed E-state index contributed by atoms with van der Waals surface area (Å²) >= 11 is 0. The van der Waals surface area contributed by atoms with E-state index in [1.54, 1.807) is 0 Å². The third kappa shape index (κ3) is 4.06. The Morgan fingerprint density at radius 3 is 1.75 bits per heavy atom. The topological polar surface area (TPSA) is 96.1 Å². The molecule has 0 N–H and O–H groups in total. The molecule has 0 unspecified atom stereocenters. The molecule has 0 heterocycles. The predicted molar refractivity (Wildman–Crippen MR) is 30.8 cm³/mol. The number of nitrogens with zero attached hydrogens (tertiary/aromatic N) is 5. The number of hydrogen-bond acceptors (Lipinski definition) is 5. The molecule has 0 saturated heterocycles. The molecule has 0 radical (unpaired) electrons. The zero-order valence-corrected chi connectivity index (χ0v) is 6.26. The third-order valence-electron chi connectivity index (χ3n) is 0.240. The van der Waals surface area contributed by atoms with E-state index in [0.717, 1.165) is 0 Å². The van der Waals surface area contributed by atoms with Crippen molar-refractivity contribution in [1.29, 1.82) is 15.0 Å². The van der Waals surface area contributed by atoms with Crippen molar-refractivity contribution in [3.05, 3.63) is 0 Å². The Balaban J connectivity index is 4.28. The molecule has 8 heteroatoms. The first-order chi connectivity index (χ1) is 3.81. The van der Waals surface area contributed by atoms with Crippen LogP contribution in [0.25, 0.3) is 0 Å². The number of rotatable bonds is 0. The minimum atomic E-state index is -1.86. The number of hydrogen-bond donors (Lipinski definition) is 0. The molecule has 0 amide bonds. The van der Waals surface area contributed by atoms with E-state index < -0.39 is 7.86 Å². The van der Waals surface area contributed by atoms with Gasteiger partial charge in [0.05, 0.1) is 0 Å². The van der Waals surface area contributed by atoms with Crippen molar-refractivity contribution in [2.75, 3.05) is 0 Å². The molecule has 0 fully saturated rings. The second-order valence-electron chi connectivity index (χ2n) is 0.626. The summed E-state index contributed by atoms with van der Waals surface area (Å²) < 4.78 is 6.26. The Labute approximate surface area is 48.8 Å². The van der Waals surface area contributed by atoms with Gasteiger partial charge in [-0.2, -0.15) is 0 Å². The summed E-state index contributed by atoms with van der Waals surface area (Å²) in [7, 11) is -2.37. The van der Waals surface area contributed by atoms with Crippen LogP contribution in [0.4, 0.5) is 0 Å². The summed E-state index contributed by atoms with van der Waals surface area (Å²) in [6.07, 6.45) is 0. The SMILES string of the molecule is N#P=NP(#N)N=P#N. The Morgan fingerprint density at radius 2 is 1.50 bits per heavy atom. The molecule has 0 atom stereocenters. The van der Waals surface area contributed by atoms with Gasteiger partial charge in [-0.1, -0.05) is 0 Å². The van der Waals surface area contributed by atoms with Crippen LogP contribution in [0.2, 0.25) is 0 Å². The maximum atomic E-state index is 8.45. The minimum absolute atomic E-state index is 0.257. The first-order valence-corrected chi connectivity index (χ1v) is 4.20. The zero-order chi connectivity index (χ0) is 6.41. The molecule has 0 bridgehead atoms.